The molecule has 4 rings (SSSR count). The Morgan fingerprint density at radius 3 is 2.91 bits per heavy atom. The first-order valence-electron chi connectivity index (χ1n) is 8.19. The third kappa shape index (κ3) is 2.42. The Bertz CT molecular complexity index is 739. The van der Waals surface area contributed by atoms with Crippen LogP contribution in [0.2, 0.25) is 0 Å². The van der Waals surface area contributed by atoms with Crippen molar-refractivity contribution in [3.05, 3.63) is 48.0 Å². The van der Waals surface area contributed by atoms with E-state index in [1.807, 2.05) is 6.07 Å². The number of ether oxygens (including phenoxy) is 1. The fourth-order valence-electron chi connectivity index (χ4n) is 4.19. The van der Waals surface area contributed by atoms with Crippen LogP contribution in [-0.2, 0) is 16.1 Å². The zero-order valence-corrected chi connectivity index (χ0v) is 13.1. The Kier molecular flexibility index (Phi) is 3.58. The lowest BCUT2D eigenvalue weighted by molar-refractivity contribution is -0.159. The molecule has 2 aliphatic heterocycles. The monoisotopic (exact) mass is 311 g/mol. The number of benzene rings is 2. The van der Waals surface area contributed by atoms with Crippen molar-refractivity contribution in [1.82, 2.24) is 4.90 Å². The van der Waals surface area contributed by atoms with Gasteiger partial charge in [0.2, 0.25) is 0 Å². The average Bonchev–Trinajstić information content (AvgIpc) is 2.94. The van der Waals surface area contributed by atoms with Crippen LogP contribution in [-0.4, -0.2) is 42.3 Å². The molecule has 2 aromatic rings. The van der Waals surface area contributed by atoms with Crippen molar-refractivity contribution in [2.75, 3.05) is 26.3 Å². The zero-order chi connectivity index (χ0) is 15.9. The lowest BCUT2D eigenvalue weighted by atomic mass is 9.76. The van der Waals surface area contributed by atoms with Crippen molar-refractivity contribution in [1.29, 1.82) is 0 Å². The SMILES string of the molecule is O=C(O)[C@]12COCC[C@H]1CN(Cc1cccc3ccccc13)C2. The van der Waals surface area contributed by atoms with Gasteiger partial charge in [-0.25, -0.2) is 0 Å². The van der Waals surface area contributed by atoms with Gasteiger partial charge in [0.1, 0.15) is 5.41 Å². The molecule has 0 unspecified atom stereocenters. The second-order valence-corrected chi connectivity index (χ2v) is 6.81. The molecule has 2 aliphatic rings. The predicted molar refractivity (Wildman–Crippen MR) is 88.2 cm³/mol. The normalized spacial score (nSPS) is 27.9. The van der Waals surface area contributed by atoms with Crippen molar-refractivity contribution >= 4 is 16.7 Å². The lowest BCUT2D eigenvalue weighted by Crippen LogP contribution is -2.46. The maximum Gasteiger partial charge on any atom is 0.313 e. The molecule has 2 aromatic carbocycles. The van der Waals surface area contributed by atoms with Gasteiger partial charge < -0.3 is 9.84 Å². The van der Waals surface area contributed by atoms with E-state index in [0.717, 1.165) is 19.5 Å². The number of carboxylic acid groups (broad SMARTS) is 1. The maximum atomic E-state index is 11.9. The highest BCUT2D eigenvalue weighted by Crippen LogP contribution is 2.42. The van der Waals surface area contributed by atoms with Gasteiger partial charge in [0.05, 0.1) is 6.61 Å². The van der Waals surface area contributed by atoms with Gasteiger partial charge in [-0.3, -0.25) is 9.69 Å². The Labute approximate surface area is 135 Å². The van der Waals surface area contributed by atoms with E-state index in [-0.39, 0.29) is 5.92 Å². The molecule has 1 N–H and O–H groups in total. The van der Waals surface area contributed by atoms with E-state index >= 15 is 0 Å². The molecule has 0 bridgehead atoms. The molecule has 0 saturated carbocycles. The standard InChI is InChI=1S/C19H21NO3/c21-18(22)19-12-20(11-16(19)8-9-23-13-19)10-15-6-3-5-14-4-1-2-7-17(14)15/h1-7,16H,8-13H2,(H,21,22)/t16-,19+/m0/s1. The summed E-state index contributed by atoms with van der Waals surface area (Å²) in [6, 6.07) is 14.7. The third-order valence-corrected chi connectivity index (χ3v) is 5.44. The fraction of sp³-hybridized carbons (Fsp3) is 0.421. The van der Waals surface area contributed by atoms with E-state index in [9.17, 15) is 9.90 Å². The van der Waals surface area contributed by atoms with Crippen LogP contribution in [0.25, 0.3) is 10.8 Å². The first kappa shape index (κ1) is 14.7. The fourth-order valence-corrected chi connectivity index (χ4v) is 4.19. The second kappa shape index (κ2) is 5.62. The molecule has 0 aromatic heterocycles. The minimum absolute atomic E-state index is 0.198. The van der Waals surface area contributed by atoms with Crippen LogP contribution in [0.5, 0.6) is 0 Å². The van der Waals surface area contributed by atoms with E-state index in [0.29, 0.717) is 19.8 Å². The van der Waals surface area contributed by atoms with Gasteiger partial charge in [-0.2, -0.15) is 0 Å². The number of nitrogens with zero attached hydrogens (tertiary/aromatic N) is 1. The lowest BCUT2D eigenvalue weighted by Gasteiger charge is -2.34. The largest absolute Gasteiger partial charge is 0.481 e. The molecule has 2 fully saturated rings. The third-order valence-electron chi connectivity index (χ3n) is 5.44. The van der Waals surface area contributed by atoms with Crippen LogP contribution >= 0.6 is 0 Å². The maximum absolute atomic E-state index is 11.9. The summed E-state index contributed by atoms with van der Waals surface area (Å²) in [7, 11) is 0. The van der Waals surface area contributed by atoms with Crippen LogP contribution < -0.4 is 0 Å². The molecule has 2 atom stereocenters. The van der Waals surface area contributed by atoms with Crippen LogP contribution in [0.3, 0.4) is 0 Å². The summed E-state index contributed by atoms with van der Waals surface area (Å²) in [5.41, 5.74) is 0.547. The number of likely N-dealkylation sites (tertiary alicyclic amines) is 1. The highest BCUT2D eigenvalue weighted by molar-refractivity contribution is 5.85. The summed E-state index contributed by atoms with van der Waals surface area (Å²) in [5.74, 6) is -0.508. The van der Waals surface area contributed by atoms with Gasteiger partial charge in [-0.1, -0.05) is 42.5 Å². The van der Waals surface area contributed by atoms with E-state index in [1.165, 1.54) is 16.3 Å². The minimum Gasteiger partial charge on any atom is -0.481 e. The van der Waals surface area contributed by atoms with Crippen LogP contribution in [0.1, 0.15) is 12.0 Å². The van der Waals surface area contributed by atoms with Gasteiger partial charge in [0.15, 0.2) is 0 Å². The molecular weight excluding hydrogens is 290 g/mol. The molecule has 120 valence electrons. The minimum atomic E-state index is -0.719. The number of carbonyl (C=O) groups is 1. The van der Waals surface area contributed by atoms with Crippen molar-refractivity contribution in [2.45, 2.75) is 13.0 Å². The first-order valence-corrected chi connectivity index (χ1v) is 8.19. The summed E-state index contributed by atoms with van der Waals surface area (Å²) in [4.78, 5) is 14.1. The number of carboxylic acids is 1. The molecular formula is C19H21NO3. The van der Waals surface area contributed by atoms with Gasteiger partial charge >= 0.3 is 5.97 Å². The topological polar surface area (TPSA) is 49.8 Å². The van der Waals surface area contributed by atoms with Gasteiger partial charge in [0.25, 0.3) is 0 Å². The first-order chi connectivity index (χ1) is 11.2. The predicted octanol–water partition coefficient (Wildman–Crippen LogP) is 2.76. The quantitative estimate of drug-likeness (QED) is 0.947. The van der Waals surface area contributed by atoms with Crippen molar-refractivity contribution in [3.8, 4) is 0 Å². The van der Waals surface area contributed by atoms with Crippen LogP contribution in [0.15, 0.2) is 42.5 Å². The van der Waals surface area contributed by atoms with E-state index in [4.69, 9.17) is 4.74 Å². The summed E-state index contributed by atoms with van der Waals surface area (Å²) in [5, 5.41) is 12.2. The van der Waals surface area contributed by atoms with E-state index < -0.39 is 11.4 Å². The Morgan fingerprint density at radius 1 is 1.26 bits per heavy atom. The summed E-state index contributed by atoms with van der Waals surface area (Å²) < 4.78 is 5.51. The van der Waals surface area contributed by atoms with Crippen molar-refractivity contribution in [2.24, 2.45) is 11.3 Å². The number of aliphatic carboxylic acids is 1. The summed E-state index contributed by atoms with van der Waals surface area (Å²) in [6.07, 6.45) is 0.846. The molecule has 0 amide bonds. The van der Waals surface area contributed by atoms with Gasteiger partial charge in [-0.15, -0.1) is 0 Å². The number of hydrogen-bond donors (Lipinski definition) is 1. The second-order valence-electron chi connectivity index (χ2n) is 6.81. The molecule has 0 aliphatic carbocycles. The van der Waals surface area contributed by atoms with Crippen molar-refractivity contribution < 1.29 is 14.6 Å². The van der Waals surface area contributed by atoms with Crippen LogP contribution in [0.4, 0.5) is 0 Å². The number of rotatable bonds is 3. The smallest absolute Gasteiger partial charge is 0.313 e. The molecule has 2 saturated heterocycles. The molecule has 4 nitrogen and oxygen atoms in total. The van der Waals surface area contributed by atoms with Crippen molar-refractivity contribution in [3.63, 3.8) is 0 Å². The summed E-state index contributed by atoms with van der Waals surface area (Å²) in [6.45, 7) is 3.25. The van der Waals surface area contributed by atoms with E-state index in [1.54, 1.807) is 0 Å². The highest BCUT2D eigenvalue weighted by atomic mass is 16.5. The van der Waals surface area contributed by atoms with Gasteiger partial charge in [-0.05, 0) is 28.7 Å². The Hall–Kier alpha value is -1.91. The summed E-state index contributed by atoms with van der Waals surface area (Å²) >= 11 is 0. The number of fused-ring (bicyclic) bond motifs is 2. The molecule has 0 radical (unpaired) electrons. The average molecular weight is 311 g/mol. The molecule has 4 heteroatoms. The Balaban J connectivity index is 1.61. The zero-order valence-electron chi connectivity index (χ0n) is 13.1. The molecule has 2 heterocycles. The van der Waals surface area contributed by atoms with Gasteiger partial charge in [0, 0.05) is 26.2 Å². The molecule has 0 spiro atoms. The Morgan fingerprint density at radius 2 is 2.09 bits per heavy atom. The highest BCUT2D eigenvalue weighted by Gasteiger charge is 2.53. The molecule has 23 heavy (non-hydrogen) atoms. The number of hydrogen-bond acceptors (Lipinski definition) is 3. The van der Waals surface area contributed by atoms with E-state index in [2.05, 4.69) is 41.3 Å². The van der Waals surface area contributed by atoms with Crippen LogP contribution in [0, 0.1) is 11.3 Å².